The van der Waals surface area contributed by atoms with Gasteiger partial charge in [0.15, 0.2) is 0 Å². The van der Waals surface area contributed by atoms with E-state index in [2.05, 4.69) is 84.6 Å². The van der Waals surface area contributed by atoms with E-state index in [0.717, 1.165) is 52.7 Å². The van der Waals surface area contributed by atoms with Crippen LogP contribution in [0.1, 0.15) is 37.9 Å². The molecule has 4 nitrogen and oxygen atoms in total. The van der Waals surface area contributed by atoms with Gasteiger partial charge in [0.1, 0.15) is 17.6 Å². The summed E-state index contributed by atoms with van der Waals surface area (Å²) in [5.74, 6) is 3.35. The summed E-state index contributed by atoms with van der Waals surface area (Å²) in [7, 11) is 1.73. The van der Waals surface area contributed by atoms with E-state index in [1.165, 1.54) is 41.0 Å². The van der Waals surface area contributed by atoms with Crippen molar-refractivity contribution in [2.45, 2.75) is 38.3 Å². The van der Waals surface area contributed by atoms with E-state index < -0.39 is 0 Å². The molecule has 3 saturated heterocycles. The molecule has 2 bridgehead atoms. The number of methoxy groups -OCH3 is 1. The average molecular weight is 503 g/mol. The van der Waals surface area contributed by atoms with Crippen molar-refractivity contribution in [3.8, 4) is 11.5 Å². The topological polar surface area (TPSA) is 34.6 Å². The normalized spacial score (nSPS) is 23.6. The second-order valence-corrected chi connectivity index (χ2v) is 11.0. The van der Waals surface area contributed by atoms with Crippen molar-refractivity contribution in [2.24, 2.45) is 11.8 Å². The smallest absolute Gasteiger partial charge is 0.140 e. The van der Waals surface area contributed by atoms with Crippen LogP contribution in [0.2, 0.25) is 0 Å². The summed E-state index contributed by atoms with van der Waals surface area (Å²) in [5.41, 5.74) is 2.17. The van der Waals surface area contributed by atoms with Crippen LogP contribution in [0.4, 0.5) is 0 Å². The number of fused-ring (bicyclic) bond motifs is 7. The Labute approximate surface area is 224 Å². The second-order valence-electron chi connectivity index (χ2n) is 11.0. The molecule has 3 fully saturated rings. The van der Waals surface area contributed by atoms with Crippen LogP contribution < -0.4 is 9.47 Å². The number of benzene rings is 4. The molecule has 5 aromatic rings. The number of nitrogens with zero attached hydrogens (tertiary/aromatic N) is 2. The van der Waals surface area contributed by atoms with Gasteiger partial charge < -0.3 is 9.47 Å². The zero-order valence-corrected chi connectivity index (χ0v) is 22.1. The fourth-order valence-corrected chi connectivity index (χ4v) is 7.08. The number of hydrogen-bond donors (Lipinski definition) is 0. The van der Waals surface area contributed by atoms with Gasteiger partial charge in [0.25, 0.3) is 0 Å². The third kappa shape index (κ3) is 3.90. The molecule has 192 valence electrons. The molecule has 4 heterocycles. The van der Waals surface area contributed by atoms with Crippen LogP contribution in [-0.2, 0) is 0 Å². The molecule has 0 saturated carbocycles. The number of piperidine rings is 3. The molecule has 8 rings (SSSR count). The van der Waals surface area contributed by atoms with E-state index in [1.54, 1.807) is 7.11 Å². The van der Waals surface area contributed by atoms with Crippen molar-refractivity contribution in [3.05, 3.63) is 90.6 Å². The van der Waals surface area contributed by atoms with Gasteiger partial charge in [0.2, 0.25) is 0 Å². The van der Waals surface area contributed by atoms with Gasteiger partial charge >= 0.3 is 0 Å². The minimum atomic E-state index is -0.113. The molecule has 0 aliphatic carbocycles. The van der Waals surface area contributed by atoms with Crippen molar-refractivity contribution in [3.63, 3.8) is 0 Å². The molecule has 0 N–H and O–H groups in total. The third-order valence-electron chi connectivity index (χ3n) is 9.08. The molecule has 1 aromatic heterocycles. The first kappa shape index (κ1) is 23.5. The van der Waals surface area contributed by atoms with Gasteiger partial charge in [-0.1, -0.05) is 61.9 Å². The van der Waals surface area contributed by atoms with Crippen molar-refractivity contribution in [1.82, 2.24) is 9.88 Å². The van der Waals surface area contributed by atoms with E-state index in [1.807, 2.05) is 12.3 Å². The van der Waals surface area contributed by atoms with Crippen LogP contribution in [0, 0.1) is 11.8 Å². The Morgan fingerprint density at radius 2 is 1.74 bits per heavy atom. The van der Waals surface area contributed by atoms with E-state index >= 15 is 0 Å². The lowest BCUT2D eigenvalue weighted by Crippen LogP contribution is -2.56. The van der Waals surface area contributed by atoms with Gasteiger partial charge in [-0.2, -0.15) is 0 Å². The highest BCUT2D eigenvalue weighted by atomic mass is 16.5. The maximum Gasteiger partial charge on any atom is 0.140 e. The van der Waals surface area contributed by atoms with Gasteiger partial charge in [0, 0.05) is 29.1 Å². The summed E-state index contributed by atoms with van der Waals surface area (Å²) in [4.78, 5) is 7.39. The summed E-state index contributed by atoms with van der Waals surface area (Å²) in [5, 5.41) is 5.97. The first-order valence-electron chi connectivity index (χ1n) is 14.0. The number of ether oxygens (including phenoxy) is 2. The maximum absolute atomic E-state index is 7.25. The minimum absolute atomic E-state index is 0.113. The molecular weight excluding hydrogens is 468 g/mol. The lowest BCUT2D eigenvalue weighted by Gasteiger charge is -2.52. The molecule has 0 amide bonds. The predicted molar refractivity (Wildman–Crippen MR) is 155 cm³/mol. The SMILES string of the molecule is CCC1CN2CCC1C[C@@H]2C(Oc1cc2ccccc2c2ccccc12)c1ccnc2ccc(OC)cc12. The zero-order valence-electron chi connectivity index (χ0n) is 22.1. The highest BCUT2D eigenvalue weighted by Crippen LogP contribution is 2.45. The highest BCUT2D eigenvalue weighted by Gasteiger charge is 2.44. The van der Waals surface area contributed by atoms with Crippen molar-refractivity contribution in [1.29, 1.82) is 0 Å². The summed E-state index contributed by atoms with van der Waals surface area (Å²) in [6.07, 6.45) is 5.54. The quantitative estimate of drug-likeness (QED) is 0.222. The van der Waals surface area contributed by atoms with Crippen LogP contribution in [0.3, 0.4) is 0 Å². The summed E-state index contributed by atoms with van der Waals surface area (Å²) >= 11 is 0. The zero-order chi connectivity index (χ0) is 25.6. The number of hydrogen-bond acceptors (Lipinski definition) is 4. The van der Waals surface area contributed by atoms with Gasteiger partial charge in [-0.05, 0) is 77.7 Å². The lowest BCUT2D eigenvalue weighted by molar-refractivity contribution is -0.0480. The van der Waals surface area contributed by atoms with Crippen LogP contribution in [0.5, 0.6) is 11.5 Å². The summed E-state index contributed by atoms with van der Waals surface area (Å²) < 4.78 is 12.9. The largest absolute Gasteiger partial charge is 0.497 e. The number of pyridine rings is 1. The van der Waals surface area contributed by atoms with Gasteiger partial charge in [-0.25, -0.2) is 0 Å². The Bertz CT molecular complexity index is 1630. The Kier molecular flexibility index (Phi) is 5.93. The van der Waals surface area contributed by atoms with Crippen LogP contribution in [0.25, 0.3) is 32.4 Å². The minimum Gasteiger partial charge on any atom is -0.497 e. The molecule has 3 aliphatic rings. The van der Waals surface area contributed by atoms with Crippen LogP contribution in [-0.4, -0.2) is 36.1 Å². The summed E-state index contributed by atoms with van der Waals surface area (Å²) in [6.45, 7) is 4.66. The molecule has 4 unspecified atom stereocenters. The number of rotatable bonds is 6. The Morgan fingerprint density at radius 1 is 0.921 bits per heavy atom. The second kappa shape index (κ2) is 9.59. The van der Waals surface area contributed by atoms with Gasteiger partial charge in [0.05, 0.1) is 18.7 Å². The van der Waals surface area contributed by atoms with E-state index in [0.29, 0.717) is 6.04 Å². The van der Waals surface area contributed by atoms with Gasteiger partial charge in [-0.15, -0.1) is 0 Å². The van der Waals surface area contributed by atoms with Crippen molar-refractivity contribution in [2.75, 3.05) is 20.2 Å². The third-order valence-corrected chi connectivity index (χ3v) is 9.08. The van der Waals surface area contributed by atoms with Crippen molar-refractivity contribution < 1.29 is 9.47 Å². The monoisotopic (exact) mass is 502 g/mol. The molecular formula is C34H34N2O2. The van der Waals surface area contributed by atoms with E-state index in [-0.39, 0.29) is 6.10 Å². The number of aromatic nitrogens is 1. The van der Waals surface area contributed by atoms with E-state index in [9.17, 15) is 0 Å². The maximum atomic E-state index is 7.25. The predicted octanol–water partition coefficient (Wildman–Crippen LogP) is 7.79. The molecule has 0 spiro atoms. The fourth-order valence-electron chi connectivity index (χ4n) is 7.08. The van der Waals surface area contributed by atoms with Crippen LogP contribution >= 0.6 is 0 Å². The molecule has 5 atom stereocenters. The molecule has 0 radical (unpaired) electrons. The summed E-state index contributed by atoms with van der Waals surface area (Å²) in [6, 6.07) is 28.2. The van der Waals surface area contributed by atoms with Crippen LogP contribution in [0.15, 0.2) is 85.1 Å². The first-order chi connectivity index (χ1) is 18.7. The molecule has 4 aromatic carbocycles. The molecule has 4 heteroatoms. The highest BCUT2D eigenvalue weighted by molar-refractivity contribution is 6.10. The first-order valence-corrected chi connectivity index (χ1v) is 14.0. The van der Waals surface area contributed by atoms with Gasteiger partial charge in [-0.3, -0.25) is 9.88 Å². The van der Waals surface area contributed by atoms with Crippen molar-refractivity contribution >= 4 is 32.4 Å². The lowest BCUT2D eigenvalue weighted by atomic mass is 9.72. The Balaban J connectivity index is 1.41. The Morgan fingerprint density at radius 3 is 2.53 bits per heavy atom. The standard InChI is InChI=1S/C34H34N2O2/c1-3-22-21-36-17-15-23(22)18-32(36)34(29-14-16-35-31-13-12-25(37-2)20-30(29)31)38-33-19-24-8-4-5-9-26(24)27-10-6-7-11-28(27)33/h4-14,16,19-20,22-23,32,34H,3,15,17-18,21H2,1-2H3/t22?,23?,32-,34?/m1/s1. The van der Waals surface area contributed by atoms with E-state index in [4.69, 9.17) is 14.5 Å². The molecule has 3 aliphatic heterocycles. The Hall–Kier alpha value is -3.63. The average Bonchev–Trinajstić information content (AvgIpc) is 2.99. The molecule has 38 heavy (non-hydrogen) atoms. The fraction of sp³-hybridized carbons (Fsp3) is 0.324.